The van der Waals surface area contributed by atoms with E-state index < -0.39 is 5.54 Å². The molecule has 21 heavy (non-hydrogen) atoms. The van der Waals surface area contributed by atoms with Gasteiger partial charge in [0.25, 0.3) is 0 Å². The molecule has 0 aromatic heterocycles. The van der Waals surface area contributed by atoms with Gasteiger partial charge in [0, 0.05) is 5.54 Å². The van der Waals surface area contributed by atoms with E-state index in [1.165, 1.54) is 23.3 Å². The molecule has 3 rings (SSSR count). The number of ether oxygens (including phenoxy) is 1. The van der Waals surface area contributed by atoms with Crippen LogP contribution in [-0.2, 0) is 16.7 Å². The highest BCUT2D eigenvalue weighted by Gasteiger charge is 2.30. The molecule has 0 saturated carbocycles. The smallest absolute Gasteiger partial charge is 0.123 e. The molecular formula is C18H20FNO. The standard InChI is InChI=1S/C18H20FNO/c1-18(20,14-6-4-7-15(19)11-14)12-17-16-8-3-2-5-13(16)9-10-21-17/h2-8,11,17H,9-10,12,20H2,1H3. The highest BCUT2D eigenvalue weighted by molar-refractivity contribution is 5.32. The van der Waals surface area contributed by atoms with Gasteiger partial charge in [0.05, 0.1) is 12.7 Å². The summed E-state index contributed by atoms with van der Waals surface area (Å²) < 4.78 is 19.3. The minimum Gasteiger partial charge on any atom is -0.373 e. The fraction of sp³-hybridized carbons (Fsp3) is 0.333. The van der Waals surface area contributed by atoms with Crippen LogP contribution in [0.2, 0.25) is 0 Å². The summed E-state index contributed by atoms with van der Waals surface area (Å²) in [5, 5.41) is 0. The molecule has 3 heteroatoms. The monoisotopic (exact) mass is 285 g/mol. The molecule has 1 aliphatic rings. The Morgan fingerprint density at radius 2 is 2.05 bits per heavy atom. The minimum atomic E-state index is -0.628. The van der Waals surface area contributed by atoms with Crippen molar-refractivity contribution < 1.29 is 9.13 Å². The molecule has 110 valence electrons. The zero-order chi connectivity index (χ0) is 14.9. The van der Waals surface area contributed by atoms with Crippen molar-refractivity contribution in [3.63, 3.8) is 0 Å². The molecule has 2 aromatic carbocycles. The summed E-state index contributed by atoms with van der Waals surface area (Å²) in [6, 6.07) is 14.8. The van der Waals surface area contributed by atoms with Crippen molar-refractivity contribution in [2.45, 2.75) is 31.4 Å². The van der Waals surface area contributed by atoms with Crippen LogP contribution in [0.5, 0.6) is 0 Å². The highest BCUT2D eigenvalue weighted by atomic mass is 19.1. The molecule has 2 unspecified atom stereocenters. The molecule has 0 amide bonds. The number of fused-ring (bicyclic) bond motifs is 1. The largest absolute Gasteiger partial charge is 0.373 e. The lowest BCUT2D eigenvalue weighted by molar-refractivity contribution is 0.0222. The van der Waals surface area contributed by atoms with E-state index in [1.54, 1.807) is 6.07 Å². The van der Waals surface area contributed by atoms with Crippen LogP contribution in [0.25, 0.3) is 0 Å². The second kappa shape index (κ2) is 5.58. The Kier molecular flexibility index (Phi) is 3.79. The molecule has 0 radical (unpaired) electrons. The lowest BCUT2D eigenvalue weighted by Gasteiger charge is -2.33. The van der Waals surface area contributed by atoms with Crippen LogP contribution < -0.4 is 5.73 Å². The molecule has 2 atom stereocenters. The molecule has 0 saturated heterocycles. The fourth-order valence-corrected chi connectivity index (χ4v) is 2.99. The van der Waals surface area contributed by atoms with Crippen LogP contribution in [0, 0.1) is 5.82 Å². The summed E-state index contributed by atoms with van der Waals surface area (Å²) in [7, 11) is 0. The van der Waals surface area contributed by atoms with Gasteiger partial charge in [-0.25, -0.2) is 4.39 Å². The normalized spacial score (nSPS) is 20.6. The SMILES string of the molecule is CC(N)(CC1OCCc2ccccc21)c1cccc(F)c1. The molecule has 1 aliphatic heterocycles. The maximum Gasteiger partial charge on any atom is 0.123 e. The summed E-state index contributed by atoms with van der Waals surface area (Å²) in [4.78, 5) is 0. The molecule has 0 bridgehead atoms. The number of rotatable bonds is 3. The Bertz CT molecular complexity index is 639. The van der Waals surface area contributed by atoms with E-state index in [1.807, 2.05) is 19.1 Å². The van der Waals surface area contributed by atoms with E-state index in [0.29, 0.717) is 13.0 Å². The van der Waals surface area contributed by atoms with Crippen molar-refractivity contribution in [2.24, 2.45) is 5.73 Å². The number of hydrogen-bond donors (Lipinski definition) is 1. The second-order valence-electron chi connectivity index (χ2n) is 5.94. The van der Waals surface area contributed by atoms with Crippen molar-refractivity contribution in [2.75, 3.05) is 6.61 Å². The first-order valence-electron chi connectivity index (χ1n) is 7.30. The van der Waals surface area contributed by atoms with Gasteiger partial charge >= 0.3 is 0 Å². The number of halogens is 1. The van der Waals surface area contributed by atoms with Gasteiger partial charge in [-0.3, -0.25) is 0 Å². The maximum absolute atomic E-state index is 13.4. The quantitative estimate of drug-likeness (QED) is 0.933. The highest BCUT2D eigenvalue weighted by Crippen LogP contribution is 2.36. The lowest BCUT2D eigenvalue weighted by atomic mass is 9.83. The van der Waals surface area contributed by atoms with Crippen LogP contribution in [0.3, 0.4) is 0 Å². The molecule has 0 spiro atoms. The van der Waals surface area contributed by atoms with Gasteiger partial charge in [-0.15, -0.1) is 0 Å². The summed E-state index contributed by atoms with van der Waals surface area (Å²) in [5.41, 5.74) is 9.15. The fourth-order valence-electron chi connectivity index (χ4n) is 2.99. The lowest BCUT2D eigenvalue weighted by Crippen LogP contribution is -2.36. The van der Waals surface area contributed by atoms with Crippen LogP contribution in [-0.4, -0.2) is 6.61 Å². The Balaban J connectivity index is 1.86. The van der Waals surface area contributed by atoms with Crippen LogP contribution in [0.1, 0.15) is 36.1 Å². The molecule has 2 nitrogen and oxygen atoms in total. The molecule has 0 fully saturated rings. The second-order valence-corrected chi connectivity index (χ2v) is 5.94. The number of nitrogens with two attached hydrogens (primary N) is 1. The van der Waals surface area contributed by atoms with Crippen molar-refractivity contribution in [1.29, 1.82) is 0 Å². The number of benzene rings is 2. The molecule has 2 aromatic rings. The minimum absolute atomic E-state index is 0.0341. The van der Waals surface area contributed by atoms with Gasteiger partial charge in [-0.1, -0.05) is 36.4 Å². The third-order valence-corrected chi connectivity index (χ3v) is 4.19. The Labute approximate surface area is 124 Å². The van der Waals surface area contributed by atoms with E-state index in [4.69, 9.17) is 10.5 Å². The van der Waals surface area contributed by atoms with Crippen molar-refractivity contribution >= 4 is 0 Å². The molecule has 0 aliphatic carbocycles. The summed E-state index contributed by atoms with van der Waals surface area (Å²) >= 11 is 0. The van der Waals surface area contributed by atoms with Gasteiger partial charge in [0.2, 0.25) is 0 Å². The summed E-state index contributed by atoms with van der Waals surface area (Å²) in [5.74, 6) is -0.255. The van der Waals surface area contributed by atoms with Crippen molar-refractivity contribution in [3.8, 4) is 0 Å². The third-order valence-electron chi connectivity index (χ3n) is 4.19. The van der Waals surface area contributed by atoms with E-state index in [9.17, 15) is 4.39 Å². The summed E-state index contributed by atoms with van der Waals surface area (Å²) in [6.45, 7) is 2.64. The van der Waals surface area contributed by atoms with Gasteiger partial charge in [0.15, 0.2) is 0 Å². The Hall–Kier alpha value is -1.71. The maximum atomic E-state index is 13.4. The first-order chi connectivity index (χ1) is 10.1. The Morgan fingerprint density at radius 3 is 2.86 bits per heavy atom. The third kappa shape index (κ3) is 2.99. The van der Waals surface area contributed by atoms with Crippen LogP contribution in [0.15, 0.2) is 48.5 Å². The molecule has 2 N–H and O–H groups in total. The van der Waals surface area contributed by atoms with Gasteiger partial charge in [-0.05, 0) is 48.6 Å². The molecular weight excluding hydrogens is 265 g/mol. The predicted octanol–water partition coefficient (Wildman–Crippen LogP) is 3.70. The zero-order valence-corrected chi connectivity index (χ0v) is 12.2. The average molecular weight is 285 g/mol. The summed E-state index contributed by atoms with van der Waals surface area (Å²) in [6.07, 6.45) is 1.54. The predicted molar refractivity (Wildman–Crippen MR) is 81.4 cm³/mol. The van der Waals surface area contributed by atoms with Crippen molar-refractivity contribution in [3.05, 3.63) is 71.0 Å². The van der Waals surface area contributed by atoms with E-state index in [2.05, 4.69) is 18.2 Å². The molecule has 1 heterocycles. The zero-order valence-electron chi connectivity index (χ0n) is 12.2. The van der Waals surface area contributed by atoms with Gasteiger partial charge in [0.1, 0.15) is 5.82 Å². The van der Waals surface area contributed by atoms with Crippen LogP contribution >= 0.6 is 0 Å². The Morgan fingerprint density at radius 1 is 1.24 bits per heavy atom. The average Bonchev–Trinajstić information content (AvgIpc) is 2.47. The van der Waals surface area contributed by atoms with E-state index in [-0.39, 0.29) is 11.9 Å². The van der Waals surface area contributed by atoms with E-state index in [0.717, 1.165) is 12.0 Å². The first kappa shape index (κ1) is 14.2. The van der Waals surface area contributed by atoms with E-state index >= 15 is 0 Å². The topological polar surface area (TPSA) is 35.2 Å². The first-order valence-corrected chi connectivity index (χ1v) is 7.30. The van der Waals surface area contributed by atoms with Crippen LogP contribution in [0.4, 0.5) is 4.39 Å². The van der Waals surface area contributed by atoms with Gasteiger partial charge in [-0.2, -0.15) is 0 Å². The number of hydrogen-bond acceptors (Lipinski definition) is 2. The van der Waals surface area contributed by atoms with Crippen molar-refractivity contribution in [1.82, 2.24) is 0 Å². The van der Waals surface area contributed by atoms with Gasteiger partial charge < -0.3 is 10.5 Å².